The second-order valence-electron chi connectivity index (χ2n) is 2.66. The Kier molecular flexibility index (Phi) is 4.61. The fourth-order valence-corrected chi connectivity index (χ4v) is 1.58. The molecule has 0 heterocycles. The third-order valence-electron chi connectivity index (χ3n) is 1.64. The van der Waals surface area contributed by atoms with Gasteiger partial charge >= 0.3 is 0 Å². The van der Waals surface area contributed by atoms with Gasteiger partial charge in [-0.15, -0.1) is 0 Å². The van der Waals surface area contributed by atoms with E-state index < -0.39 is 0 Å². The molecular weight excluding hydrogens is 284 g/mol. The minimum atomic E-state index is -0.192. The minimum Gasteiger partial charge on any atom is -0.395 e. The van der Waals surface area contributed by atoms with Gasteiger partial charge in [-0.05, 0) is 6.07 Å². The van der Waals surface area contributed by atoms with Gasteiger partial charge < -0.3 is 5.11 Å². The molecule has 0 amide bonds. The number of nitrogens with zero attached hydrogens (tertiary/aromatic N) is 1. The Morgan fingerprint density at radius 1 is 1.38 bits per heavy atom. The van der Waals surface area contributed by atoms with Gasteiger partial charge in [-0.2, -0.15) is 0 Å². The summed E-state index contributed by atoms with van der Waals surface area (Å²) < 4.78 is 14.9. The van der Waals surface area contributed by atoms with Crippen LogP contribution in [0.15, 0.2) is 24.3 Å². The van der Waals surface area contributed by atoms with Crippen molar-refractivity contribution in [3.8, 4) is 0 Å². The van der Waals surface area contributed by atoms with Crippen LogP contribution in [0.3, 0.4) is 0 Å². The molecule has 0 fully saturated rings. The molecule has 1 rings (SSSR count). The number of hydrogen-bond acceptors (Lipinski definition) is 2. The Labute approximate surface area is 90.9 Å². The van der Waals surface area contributed by atoms with Crippen LogP contribution < -0.4 is 0 Å². The quantitative estimate of drug-likeness (QED) is 0.678. The van der Waals surface area contributed by atoms with Crippen molar-refractivity contribution >= 4 is 22.9 Å². The van der Waals surface area contributed by atoms with Crippen LogP contribution in [-0.4, -0.2) is 21.4 Å². The van der Waals surface area contributed by atoms with Gasteiger partial charge in [-0.25, -0.2) is 7.50 Å². The Morgan fingerprint density at radius 3 is 2.69 bits per heavy atom. The van der Waals surface area contributed by atoms with Crippen LogP contribution in [-0.2, 0) is 6.54 Å². The van der Waals surface area contributed by atoms with Gasteiger partial charge in [0.15, 0.2) is 0 Å². The molecule has 0 aliphatic carbocycles. The van der Waals surface area contributed by atoms with Crippen molar-refractivity contribution in [3.63, 3.8) is 0 Å². The zero-order valence-corrected chi connectivity index (χ0v) is 9.24. The number of aliphatic hydroxyl groups excluding tert-OH is 1. The molecule has 4 heteroatoms. The van der Waals surface area contributed by atoms with Gasteiger partial charge in [0.05, 0.1) is 6.61 Å². The summed E-state index contributed by atoms with van der Waals surface area (Å²) in [7, 11) is 0. The van der Waals surface area contributed by atoms with Gasteiger partial charge in [0.25, 0.3) is 0 Å². The van der Waals surface area contributed by atoms with Crippen molar-refractivity contribution in [1.29, 1.82) is 0 Å². The Bertz CT molecular complexity index is 270. The highest BCUT2D eigenvalue weighted by molar-refractivity contribution is 14.1. The lowest BCUT2D eigenvalue weighted by atomic mass is 10.2. The average molecular weight is 295 g/mol. The second kappa shape index (κ2) is 5.51. The Balaban J connectivity index is 2.58. The van der Waals surface area contributed by atoms with E-state index in [4.69, 9.17) is 5.11 Å². The summed E-state index contributed by atoms with van der Waals surface area (Å²) in [6, 6.07) is 6.67. The van der Waals surface area contributed by atoms with Crippen LogP contribution in [0, 0.1) is 5.82 Å². The lowest BCUT2D eigenvalue weighted by Crippen LogP contribution is -2.15. The fraction of sp³-hybridized carbons (Fsp3) is 0.333. The fourth-order valence-electron chi connectivity index (χ4n) is 0.999. The molecule has 1 aromatic rings. The van der Waals surface area contributed by atoms with E-state index in [0.717, 1.165) is 0 Å². The largest absolute Gasteiger partial charge is 0.395 e. The van der Waals surface area contributed by atoms with E-state index in [1.54, 1.807) is 12.1 Å². The van der Waals surface area contributed by atoms with E-state index in [1.165, 1.54) is 6.07 Å². The number of benzene rings is 1. The molecule has 0 atom stereocenters. The molecule has 0 aromatic heterocycles. The summed E-state index contributed by atoms with van der Waals surface area (Å²) in [6.07, 6.45) is 0. The SMILES string of the molecule is OCCN(I)Cc1ccccc1F. The molecular formula is C9H11FINO. The van der Waals surface area contributed by atoms with Crippen LogP contribution in [0.2, 0.25) is 0 Å². The first-order chi connectivity index (χ1) is 6.24. The van der Waals surface area contributed by atoms with Crippen molar-refractivity contribution in [2.75, 3.05) is 13.2 Å². The molecule has 1 aromatic carbocycles. The summed E-state index contributed by atoms with van der Waals surface area (Å²) >= 11 is 2.07. The third-order valence-corrected chi connectivity index (χ3v) is 2.47. The topological polar surface area (TPSA) is 23.5 Å². The maximum absolute atomic E-state index is 13.1. The van der Waals surface area contributed by atoms with Crippen molar-refractivity contribution < 1.29 is 9.50 Å². The zero-order chi connectivity index (χ0) is 9.68. The number of rotatable bonds is 4. The van der Waals surface area contributed by atoms with Crippen molar-refractivity contribution in [2.24, 2.45) is 0 Å². The van der Waals surface area contributed by atoms with Crippen LogP contribution in [0.1, 0.15) is 5.56 Å². The van der Waals surface area contributed by atoms with E-state index in [9.17, 15) is 4.39 Å². The third kappa shape index (κ3) is 3.58. The van der Waals surface area contributed by atoms with Gasteiger partial charge in [-0.1, -0.05) is 18.2 Å². The van der Waals surface area contributed by atoms with E-state index in [0.29, 0.717) is 18.7 Å². The summed E-state index contributed by atoms with van der Waals surface area (Å²) in [5.41, 5.74) is 0.658. The number of hydrogen-bond donors (Lipinski definition) is 1. The molecule has 0 unspecified atom stereocenters. The monoisotopic (exact) mass is 295 g/mol. The van der Waals surface area contributed by atoms with E-state index in [-0.39, 0.29) is 12.4 Å². The molecule has 13 heavy (non-hydrogen) atoms. The average Bonchev–Trinajstić information content (AvgIpc) is 2.09. The molecule has 0 aliphatic heterocycles. The van der Waals surface area contributed by atoms with Crippen LogP contribution in [0.25, 0.3) is 0 Å². The van der Waals surface area contributed by atoms with Crippen LogP contribution in [0.5, 0.6) is 0 Å². The van der Waals surface area contributed by atoms with Gasteiger partial charge in [0.2, 0.25) is 0 Å². The Morgan fingerprint density at radius 2 is 2.08 bits per heavy atom. The van der Waals surface area contributed by atoms with Gasteiger partial charge in [-0.3, -0.25) is 0 Å². The second-order valence-corrected chi connectivity index (χ2v) is 4.02. The van der Waals surface area contributed by atoms with Crippen molar-refractivity contribution in [2.45, 2.75) is 6.54 Å². The van der Waals surface area contributed by atoms with E-state index in [2.05, 4.69) is 22.9 Å². The number of halogens is 2. The maximum atomic E-state index is 13.1. The highest BCUT2D eigenvalue weighted by Gasteiger charge is 2.04. The molecule has 0 spiro atoms. The predicted octanol–water partition coefficient (Wildman–Crippen LogP) is 1.97. The summed E-state index contributed by atoms with van der Waals surface area (Å²) in [4.78, 5) is 0. The zero-order valence-electron chi connectivity index (χ0n) is 7.08. The first kappa shape index (κ1) is 10.9. The van der Waals surface area contributed by atoms with Crippen LogP contribution >= 0.6 is 22.9 Å². The van der Waals surface area contributed by atoms with Gasteiger partial charge in [0, 0.05) is 41.5 Å². The molecule has 0 saturated carbocycles. The molecule has 0 bridgehead atoms. The summed E-state index contributed by atoms with van der Waals surface area (Å²) in [5.74, 6) is -0.192. The van der Waals surface area contributed by atoms with E-state index in [1.807, 2.05) is 9.18 Å². The minimum absolute atomic E-state index is 0.0946. The first-order valence-electron chi connectivity index (χ1n) is 3.99. The Hall–Kier alpha value is -0.200. The van der Waals surface area contributed by atoms with E-state index >= 15 is 0 Å². The molecule has 0 aliphatic rings. The summed E-state index contributed by atoms with van der Waals surface area (Å²) in [6.45, 7) is 1.17. The number of aliphatic hydroxyl groups is 1. The standard InChI is InChI=1S/C9H11FINO/c10-9-4-2-1-3-8(9)7-12(11)5-6-13/h1-4,13H,5-7H2. The normalized spacial score (nSPS) is 10.8. The smallest absolute Gasteiger partial charge is 0.127 e. The molecule has 72 valence electrons. The molecule has 1 N–H and O–H groups in total. The lowest BCUT2D eigenvalue weighted by molar-refractivity contribution is 0.266. The maximum Gasteiger partial charge on any atom is 0.127 e. The lowest BCUT2D eigenvalue weighted by Gasteiger charge is -2.12. The van der Waals surface area contributed by atoms with Gasteiger partial charge in [0.1, 0.15) is 5.82 Å². The molecule has 2 nitrogen and oxygen atoms in total. The van der Waals surface area contributed by atoms with Crippen LogP contribution in [0.4, 0.5) is 4.39 Å². The van der Waals surface area contributed by atoms with Crippen molar-refractivity contribution in [3.05, 3.63) is 35.6 Å². The summed E-state index contributed by atoms with van der Waals surface area (Å²) in [5, 5.41) is 8.64. The molecule has 0 radical (unpaired) electrons. The van der Waals surface area contributed by atoms with Crippen molar-refractivity contribution in [1.82, 2.24) is 3.11 Å². The molecule has 0 saturated heterocycles. The highest BCUT2D eigenvalue weighted by atomic mass is 127. The highest BCUT2D eigenvalue weighted by Crippen LogP contribution is 2.11. The predicted molar refractivity (Wildman–Crippen MR) is 57.9 cm³/mol. The first-order valence-corrected chi connectivity index (χ1v) is 4.95.